The number of hydrogen-bond acceptors (Lipinski definition) is 5. The summed E-state index contributed by atoms with van der Waals surface area (Å²) in [6.07, 6.45) is 0. The smallest absolute Gasteiger partial charge is 0.344 e. The van der Waals surface area contributed by atoms with E-state index >= 15 is 0 Å². The molecule has 0 radical (unpaired) electrons. The van der Waals surface area contributed by atoms with Gasteiger partial charge in [-0.1, -0.05) is 0 Å². The number of methoxy groups -OCH3 is 3. The van der Waals surface area contributed by atoms with E-state index in [-0.39, 0.29) is 0 Å². The Bertz CT molecular complexity index is 962. The van der Waals surface area contributed by atoms with Crippen molar-refractivity contribution in [2.75, 3.05) is 21.3 Å². The highest BCUT2D eigenvalue weighted by Gasteiger charge is 2.16. The highest BCUT2D eigenvalue weighted by Crippen LogP contribution is 2.36. The van der Waals surface area contributed by atoms with Crippen LogP contribution in [-0.4, -0.2) is 21.3 Å². The van der Waals surface area contributed by atoms with Gasteiger partial charge in [0.05, 0.1) is 30.3 Å². The molecule has 0 saturated heterocycles. The lowest BCUT2D eigenvalue weighted by Crippen LogP contribution is -2.03. The number of halogens is 1. The van der Waals surface area contributed by atoms with Crippen molar-refractivity contribution in [2.24, 2.45) is 0 Å². The second-order valence-electron chi connectivity index (χ2n) is 5.01. The van der Waals surface area contributed by atoms with E-state index in [4.69, 9.17) is 18.6 Å². The highest BCUT2D eigenvalue weighted by atomic mass is 127. The Morgan fingerprint density at radius 2 is 1.62 bits per heavy atom. The lowest BCUT2D eigenvalue weighted by molar-refractivity contribution is 0.355. The van der Waals surface area contributed by atoms with Gasteiger partial charge >= 0.3 is 5.63 Å². The molecular weight excluding hydrogens is 423 g/mol. The predicted molar refractivity (Wildman–Crippen MR) is 100 cm³/mol. The molecule has 0 unspecified atom stereocenters. The Balaban J connectivity index is 2.27. The van der Waals surface area contributed by atoms with E-state index in [0.717, 1.165) is 14.5 Å². The van der Waals surface area contributed by atoms with Gasteiger partial charge in [0.2, 0.25) is 0 Å². The maximum atomic E-state index is 12.3. The van der Waals surface area contributed by atoms with Crippen LogP contribution in [0.25, 0.3) is 22.1 Å². The largest absolute Gasteiger partial charge is 0.497 e. The molecule has 0 aliphatic carbocycles. The average molecular weight is 438 g/mol. The minimum Gasteiger partial charge on any atom is -0.497 e. The molecule has 0 amide bonds. The molecule has 0 bridgehead atoms. The molecule has 24 heavy (non-hydrogen) atoms. The van der Waals surface area contributed by atoms with Gasteiger partial charge in [-0.25, -0.2) is 4.79 Å². The molecule has 6 heteroatoms. The van der Waals surface area contributed by atoms with Crippen LogP contribution < -0.4 is 19.8 Å². The first-order valence-corrected chi connectivity index (χ1v) is 8.19. The normalized spacial score (nSPS) is 10.7. The van der Waals surface area contributed by atoms with Crippen LogP contribution >= 0.6 is 22.6 Å². The third-order valence-corrected chi connectivity index (χ3v) is 4.79. The van der Waals surface area contributed by atoms with Crippen LogP contribution in [0.2, 0.25) is 0 Å². The fourth-order valence-electron chi connectivity index (χ4n) is 2.49. The molecule has 0 spiro atoms. The summed E-state index contributed by atoms with van der Waals surface area (Å²) in [6, 6.07) is 10.7. The molecule has 0 fully saturated rings. The molecule has 0 atom stereocenters. The van der Waals surface area contributed by atoms with Crippen LogP contribution in [0, 0.1) is 3.57 Å². The molecule has 0 N–H and O–H groups in total. The van der Waals surface area contributed by atoms with Crippen LogP contribution in [0.15, 0.2) is 45.6 Å². The molecule has 2 aromatic carbocycles. The lowest BCUT2D eigenvalue weighted by atomic mass is 10.1. The number of rotatable bonds is 4. The van der Waals surface area contributed by atoms with E-state index in [0.29, 0.717) is 28.4 Å². The SMILES string of the molecule is COc1ccc2c(=O)oc(-c3ccc(OC)c(OC)c3)c(I)c2c1. The first-order chi connectivity index (χ1) is 11.6. The quantitative estimate of drug-likeness (QED) is 0.575. The van der Waals surface area contributed by atoms with Crippen molar-refractivity contribution in [3.63, 3.8) is 0 Å². The fourth-order valence-corrected chi connectivity index (χ4v) is 3.36. The van der Waals surface area contributed by atoms with Crippen molar-refractivity contribution in [3.05, 3.63) is 50.4 Å². The zero-order valence-corrected chi connectivity index (χ0v) is 15.5. The van der Waals surface area contributed by atoms with Gasteiger partial charge in [0.25, 0.3) is 0 Å². The van der Waals surface area contributed by atoms with Gasteiger partial charge in [0.1, 0.15) is 5.75 Å². The van der Waals surface area contributed by atoms with Crippen LogP contribution in [-0.2, 0) is 0 Å². The maximum absolute atomic E-state index is 12.3. The zero-order chi connectivity index (χ0) is 17.3. The monoisotopic (exact) mass is 438 g/mol. The zero-order valence-electron chi connectivity index (χ0n) is 13.4. The van der Waals surface area contributed by atoms with Crippen molar-refractivity contribution in [1.82, 2.24) is 0 Å². The Labute approximate surface area is 152 Å². The third-order valence-electron chi connectivity index (χ3n) is 3.72. The van der Waals surface area contributed by atoms with Gasteiger partial charge in [0.15, 0.2) is 17.3 Å². The first kappa shape index (κ1) is 16.6. The Kier molecular flexibility index (Phi) is 4.66. The number of benzene rings is 2. The third kappa shape index (κ3) is 2.82. The summed E-state index contributed by atoms with van der Waals surface area (Å²) in [5.41, 5.74) is 0.344. The second kappa shape index (κ2) is 6.72. The molecule has 0 saturated carbocycles. The summed E-state index contributed by atoms with van der Waals surface area (Å²) < 4.78 is 22.2. The van der Waals surface area contributed by atoms with Gasteiger partial charge < -0.3 is 18.6 Å². The van der Waals surface area contributed by atoms with E-state index in [9.17, 15) is 4.79 Å². The summed E-state index contributed by atoms with van der Waals surface area (Å²) >= 11 is 2.17. The molecular formula is C18H15IO5. The number of ether oxygens (including phenoxy) is 3. The van der Waals surface area contributed by atoms with E-state index < -0.39 is 5.63 Å². The van der Waals surface area contributed by atoms with Gasteiger partial charge in [0, 0.05) is 10.9 Å². The fraction of sp³-hybridized carbons (Fsp3) is 0.167. The maximum Gasteiger partial charge on any atom is 0.344 e. The minimum atomic E-state index is -0.391. The first-order valence-electron chi connectivity index (χ1n) is 7.11. The van der Waals surface area contributed by atoms with Crippen molar-refractivity contribution in [2.45, 2.75) is 0 Å². The standard InChI is InChI=1S/C18H15IO5/c1-21-11-5-6-12-13(9-11)16(19)17(24-18(12)20)10-4-7-14(22-2)15(8-10)23-3/h4-9H,1-3H3. The van der Waals surface area contributed by atoms with Crippen molar-refractivity contribution in [3.8, 4) is 28.6 Å². The summed E-state index contributed by atoms with van der Waals surface area (Å²) in [7, 11) is 4.73. The van der Waals surface area contributed by atoms with Crippen LogP contribution in [0.1, 0.15) is 0 Å². The molecule has 5 nitrogen and oxygen atoms in total. The van der Waals surface area contributed by atoms with Gasteiger partial charge in [-0.3, -0.25) is 0 Å². The van der Waals surface area contributed by atoms with Gasteiger partial charge in [-0.15, -0.1) is 0 Å². The number of fused-ring (bicyclic) bond motifs is 1. The molecule has 0 aliphatic heterocycles. The Morgan fingerprint density at radius 1 is 0.875 bits per heavy atom. The van der Waals surface area contributed by atoms with Crippen LogP contribution in [0.4, 0.5) is 0 Å². The molecule has 1 aromatic heterocycles. The van der Waals surface area contributed by atoms with E-state index in [1.54, 1.807) is 45.6 Å². The van der Waals surface area contributed by atoms with Gasteiger partial charge in [-0.2, -0.15) is 0 Å². The molecule has 1 heterocycles. The highest BCUT2D eigenvalue weighted by molar-refractivity contribution is 14.1. The van der Waals surface area contributed by atoms with Crippen LogP contribution in [0.3, 0.4) is 0 Å². The van der Waals surface area contributed by atoms with E-state index in [1.165, 1.54) is 0 Å². The van der Waals surface area contributed by atoms with Crippen molar-refractivity contribution in [1.29, 1.82) is 0 Å². The molecule has 124 valence electrons. The van der Waals surface area contributed by atoms with Crippen molar-refractivity contribution < 1.29 is 18.6 Å². The van der Waals surface area contributed by atoms with E-state index in [2.05, 4.69) is 22.6 Å². The molecule has 0 aliphatic rings. The lowest BCUT2D eigenvalue weighted by Gasteiger charge is -2.11. The average Bonchev–Trinajstić information content (AvgIpc) is 2.63. The summed E-state index contributed by atoms with van der Waals surface area (Å²) in [6.45, 7) is 0. The van der Waals surface area contributed by atoms with Crippen LogP contribution in [0.5, 0.6) is 17.2 Å². The molecule has 3 rings (SSSR count). The summed E-state index contributed by atoms with van der Waals surface area (Å²) in [5, 5.41) is 1.31. The predicted octanol–water partition coefficient (Wildman–Crippen LogP) is 4.09. The Hall–Kier alpha value is -2.22. The molecule has 3 aromatic rings. The second-order valence-corrected chi connectivity index (χ2v) is 6.09. The van der Waals surface area contributed by atoms with Crippen molar-refractivity contribution >= 4 is 33.4 Å². The summed E-state index contributed by atoms with van der Waals surface area (Å²) in [4.78, 5) is 12.3. The van der Waals surface area contributed by atoms with Gasteiger partial charge in [-0.05, 0) is 59.0 Å². The topological polar surface area (TPSA) is 57.9 Å². The number of hydrogen-bond donors (Lipinski definition) is 0. The minimum absolute atomic E-state index is 0.391. The summed E-state index contributed by atoms with van der Waals surface area (Å²) in [5.74, 6) is 2.35. The van der Waals surface area contributed by atoms with E-state index in [1.807, 2.05) is 12.1 Å². The Morgan fingerprint density at radius 3 is 2.29 bits per heavy atom.